The molecule has 2 rings (SSSR count). The first-order valence-electron chi connectivity index (χ1n) is 8.83. The van der Waals surface area contributed by atoms with Crippen LogP contribution < -0.4 is 4.74 Å². The second-order valence-electron chi connectivity index (χ2n) is 6.43. The van der Waals surface area contributed by atoms with E-state index >= 15 is 0 Å². The number of benzene rings is 1. The van der Waals surface area contributed by atoms with Crippen LogP contribution in [0.15, 0.2) is 27.8 Å². The molecule has 0 N–H and O–H groups in total. The van der Waals surface area contributed by atoms with Crippen LogP contribution in [0.25, 0.3) is 0 Å². The van der Waals surface area contributed by atoms with Crippen LogP contribution in [0.2, 0.25) is 0 Å². The van der Waals surface area contributed by atoms with Crippen LogP contribution >= 0.6 is 15.9 Å². The number of carbonyl (C=O) groups is 1. The Labute approximate surface area is 163 Å². The maximum absolute atomic E-state index is 12.1. The second-order valence-corrected chi connectivity index (χ2v) is 7.35. The number of nitrogens with zero attached hydrogens (tertiary/aromatic N) is 1. The number of ether oxygens (including phenoxy) is 3. The lowest BCUT2D eigenvalue weighted by Gasteiger charge is -2.22. The number of carbonyl (C=O) groups excluding carboxylic acids is 1. The van der Waals surface area contributed by atoms with Gasteiger partial charge in [-0.2, -0.15) is 0 Å². The van der Waals surface area contributed by atoms with Gasteiger partial charge in [0.05, 0.1) is 7.11 Å². The Morgan fingerprint density at radius 1 is 1.42 bits per heavy atom. The highest BCUT2D eigenvalue weighted by molar-refractivity contribution is 9.10. The van der Waals surface area contributed by atoms with Crippen LogP contribution in [0, 0.1) is 5.92 Å². The van der Waals surface area contributed by atoms with Gasteiger partial charge in [0.2, 0.25) is 0 Å². The molecule has 1 aliphatic heterocycles. The number of hydrogen-bond acceptors (Lipinski definition) is 6. The molecule has 1 heterocycles. The maximum Gasteiger partial charge on any atom is 0.347 e. The van der Waals surface area contributed by atoms with Crippen molar-refractivity contribution in [1.82, 2.24) is 0 Å². The van der Waals surface area contributed by atoms with Crippen LogP contribution in [-0.2, 0) is 19.1 Å². The Morgan fingerprint density at radius 2 is 2.19 bits per heavy atom. The van der Waals surface area contributed by atoms with Crippen LogP contribution in [0.3, 0.4) is 0 Å². The highest BCUT2D eigenvalue weighted by Gasteiger charge is 2.31. The minimum absolute atomic E-state index is 0.0442. The van der Waals surface area contributed by atoms with E-state index in [0.29, 0.717) is 24.7 Å². The Balaban J connectivity index is 2.28. The Bertz CT molecular complexity index is 647. The van der Waals surface area contributed by atoms with Gasteiger partial charge in [0.1, 0.15) is 24.2 Å². The molecule has 2 unspecified atom stereocenters. The molecule has 26 heavy (non-hydrogen) atoms. The molecule has 1 aliphatic rings. The summed E-state index contributed by atoms with van der Waals surface area (Å²) in [5, 5.41) is 4.16. The average molecular weight is 428 g/mol. The molecule has 1 aromatic rings. The summed E-state index contributed by atoms with van der Waals surface area (Å²) in [4.78, 5) is 17.3. The smallest absolute Gasteiger partial charge is 0.347 e. The molecule has 144 valence electrons. The lowest BCUT2D eigenvalue weighted by Crippen LogP contribution is -2.34. The molecule has 0 saturated carbocycles. The molecule has 0 radical (unpaired) electrons. The number of methoxy groups -OCH3 is 1. The van der Waals surface area contributed by atoms with Crippen molar-refractivity contribution >= 4 is 27.6 Å². The summed E-state index contributed by atoms with van der Waals surface area (Å²) in [6, 6.07) is 5.56. The zero-order valence-electron chi connectivity index (χ0n) is 15.7. The molecule has 2 atom stereocenters. The van der Waals surface area contributed by atoms with Gasteiger partial charge in [-0.25, -0.2) is 4.79 Å². The second kappa shape index (κ2) is 9.92. The summed E-state index contributed by atoms with van der Waals surface area (Å²) in [6.45, 7) is 6.95. The first kappa shape index (κ1) is 20.7. The van der Waals surface area contributed by atoms with E-state index in [1.165, 1.54) is 7.11 Å². The molecule has 0 saturated heterocycles. The zero-order valence-corrected chi connectivity index (χ0v) is 17.2. The van der Waals surface area contributed by atoms with Crippen molar-refractivity contribution in [2.24, 2.45) is 11.1 Å². The minimum atomic E-state index is -0.706. The monoisotopic (exact) mass is 427 g/mol. The van der Waals surface area contributed by atoms with Gasteiger partial charge in [0.25, 0.3) is 0 Å². The molecular formula is C19H26BrNO5. The van der Waals surface area contributed by atoms with Crippen LogP contribution in [0.5, 0.6) is 5.75 Å². The summed E-state index contributed by atoms with van der Waals surface area (Å²) >= 11 is 3.48. The van der Waals surface area contributed by atoms with E-state index in [-0.39, 0.29) is 12.0 Å². The van der Waals surface area contributed by atoms with Crippen molar-refractivity contribution in [3.05, 3.63) is 28.2 Å². The molecule has 0 aliphatic carbocycles. The third-order valence-electron chi connectivity index (χ3n) is 4.02. The van der Waals surface area contributed by atoms with E-state index in [1.807, 2.05) is 32.0 Å². The summed E-state index contributed by atoms with van der Waals surface area (Å²) in [5.74, 6) is 0.0946. The van der Waals surface area contributed by atoms with Gasteiger partial charge in [-0.05, 0) is 24.6 Å². The predicted molar refractivity (Wildman–Crippen MR) is 103 cm³/mol. The van der Waals surface area contributed by atoms with Crippen molar-refractivity contribution in [2.75, 3.05) is 20.3 Å². The standard InChI is InChI=1S/C19H26BrNO5/c1-5-6-9-24-16-11-25-21-17(16)14-10-13(20)7-8-15(14)26-18(12(2)3)19(22)23-4/h7-8,10,12,16,18H,5-6,9,11H2,1-4H3. The van der Waals surface area contributed by atoms with Crippen LogP contribution in [0.1, 0.15) is 39.2 Å². The molecule has 0 aromatic heterocycles. The third kappa shape index (κ3) is 5.20. The van der Waals surface area contributed by atoms with Crippen molar-refractivity contribution in [3.8, 4) is 5.75 Å². The maximum atomic E-state index is 12.1. The van der Waals surface area contributed by atoms with Crippen molar-refractivity contribution in [1.29, 1.82) is 0 Å². The predicted octanol–water partition coefficient (Wildman–Crippen LogP) is 3.95. The quantitative estimate of drug-likeness (QED) is 0.440. The van der Waals surface area contributed by atoms with Gasteiger partial charge in [-0.3, -0.25) is 0 Å². The zero-order chi connectivity index (χ0) is 19.1. The molecule has 0 fully saturated rings. The van der Waals surface area contributed by atoms with Gasteiger partial charge in [-0.1, -0.05) is 48.3 Å². The molecular weight excluding hydrogens is 402 g/mol. The van der Waals surface area contributed by atoms with Gasteiger partial charge in [0.15, 0.2) is 6.10 Å². The topological polar surface area (TPSA) is 66.3 Å². The summed E-state index contributed by atoms with van der Waals surface area (Å²) in [5.41, 5.74) is 1.41. The lowest BCUT2D eigenvalue weighted by molar-refractivity contribution is -0.150. The average Bonchev–Trinajstić information content (AvgIpc) is 3.08. The van der Waals surface area contributed by atoms with E-state index in [0.717, 1.165) is 22.9 Å². The van der Waals surface area contributed by atoms with E-state index < -0.39 is 12.1 Å². The fourth-order valence-electron chi connectivity index (χ4n) is 2.55. The molecule has 0 spiro atoms. The molecule has 0 amide bonds. The summed E-state index contributed by atoms with van der Waals surface area (Å²) in [6.07, 6.45) is 1.07. The fourth-order valence-corrected chi connectivity index (χ4v) is 2.91. The molecule has 1 aromatic carbocycles. The third-order valence-corrected chi connectivity index (χ3v) is 4.51. The van der Waals surface area contributed by atoms with E-state index in [9.17, 15) is 4.79 Å². The number of halogens is 1. The molecule has 7 heteroatoms. The Morgan fingerprint density at radius 3 is 2.85 bits per heavy atom. The van der Waals surface area contributed by atoms with E-state index in [4.69, 9.17) is 19.0 Å². The van der Waals surface area contributed by atoms with Crippen LogP contribution in [0.4, 0.5) is 0 Å². The van der Waals surface area contributed by atoms with Gasteiger partial charge < -0.3 is 19.0 Å². The number of oxime groups is 1. The summed E-state index contributed by atoms with van der Waals surface area (Å²) in [7, 11) is 1.36. The number of unbranched alkanes of at least 4 members (excludes halogenated alkanes) is 1. The SMILES string of the molecule is CCCCOC1CON=C1c1cc(Br)ccc1OC(C(=O)OC)C(C)C. The molecule has 6 nitrogen and oxygen atoms in total. The Hall–Kier alpha value is -1.60. The normalized spacial score (nSPS) is 17.6. The lowest BCUT2D eigenvalue weighted by atomic mass is 10.0. The Kier molecular flexibility index (Phi) is 7.90. The van der Waals surface area contributed by atoms with Gasteiger partial charge in [-0.15, -0.1) is 0 Å². The minimum Gasteiger partial charge on any atom is -0.478 e. The van der Waals surface area contributed by atoms with E-state index in [1.54, 1.807) is 0 Å². The van der Waals surface area contributed by atoms with Crippen molar-refractivity contribution in [3.63, 3.8) is 0 Å². The number of rotatable bonds is 9. The first-order valence-corrected chi connectivity index (χ1v) is 9.63. The summed E-state index contributed by atoms with van der Waals surface area (Å²) < 4.78 is 17.7. The number of hydrogen-bond donors (Lipinski definition) is 0. The van der Waals surface area contributed by atoms with Crippen LogP contribution in [-0.4, -0.2) is 44.2 Å². The van der Waals surface area contributed by atoms with E-state index in [2.05, 4.69) is 28.0 Å². The highest BCUT2D eigenvalue weighted by atomic mass is 79.9. The van der Waals surface area contributed by atoms with Crippen molar-refractivity contribution in [2.45, 2.75) is 45.8 Å². The highest BCUT2D eigenvalue weighted by Crippen LogP contribution is 2.29. The molecule has 0 bridgehead atoms. The van der Waals surface area contributed by atoms with Crippen molar-refractivity contribution < 1.29 is 23.8 Å². The first-order chi connectivity index (χ1) is 12.5. The largest absolute Gasteiger partial charge is 0.478 e. The fraction of sp³-hybridized carbons (Fsp3) is 0.579. The van der Waals surface area contributed by atoms with Gasteiger partial charge in [0, 0.05) is 22.6 Å². The van der Waals surface area contributed by atoms with Gasteiger partial charge >= 0.3 is 5.97 Å². The number of esters is 1.